The maximum Gasteiger partial charge on any atom is 0.332 e. The molecule has 0 amide bonds. The number of hydrogen-bond acceptors (Lipinski definition) is 5. The smallest absolute Gasteiger partial charge is 0.332 e. The van der Waals surface area contributed by atoms with Gasteiger partial charge in [-0.1, -0.05) is 0 Å². The highest BCUT2D eigenvalue weighted by Gasteiger charge is 2.15. The van der Waals surface area contributed by atoms with Gasteiger partial charge in [-0.05, 0) is 20.8 Å². The van der Waals surface area contributed by atoms with Crippen LogP contribution in [0.25, 0.3) is 0 Å². The largest absolute Gasteiger partial charge is 0.458 e. The fourth-order valence-electron chi connectivity index (χ4n) is 0.800. The van der Waals surface area contributed by atoms with Gasteiger partial charge in [0.05, 0.1) is 6.61 Å². The van der Waals surface area contributed by atoms with E-state index in [1.165, 1.54) is 6.20 Å². The molecule has 0 heterocycles. The molecule has 0 aliphatic carbocycles. The third-order valence-corrected chi connectivity index (χ3v) is 1.39. The highest BCUT2D eigenvalue weighted by atomic mass is 16.6. The number of carbonyl (C=O) groups is 1. The molecule has 0 aliphatic rings. The molecule has 0 aromatic rings. The van der Waals surface area contributed by atoms with Crippen LogP contribution in [0.15, 0.2) is 11.9 Å². The van der Waals surface area contributed by atoms with Gasteiger partial charge in [-0.15, -0.1) is 0 Å². The Morgan fingerprint density at radius 3 is 2.47 bits per heavy atom. The van der Waals surface area contributed by atoms with Gasteiger partial charge in [-0.25, -0.2) is 4.79 Å². The van der Waals surface area contributed by atoms with Gasteiger partial charge in [0.1, 0.15) is 12.2 Å². The van der Waals surface area contributed by atoms with Gasteiger partial charge in [-0.3, -0.25) is 0 Å². The Bertz CT molecular complexity index is 231. The first-order valence-corrected chi connectivity index (χ1v) is 4.81. The summed E-state index contributed by atoms with van der Waals surface area (Å²) in [5.74, 6) is -0.377. The highest BCUT2D eigenvalue weighted by Crippen LogP contribution is 2.06. The van der Waals surface area contributed by atoms with Crippen LogP contribution in [0.1, 0.15) is 27.2 Å². The maximum atomic E-state index is 11.2. The maximum absolute atomic E-state index is 11.2. The molecule has 0 aromatic heterocycles. The van der Waals surface area contributed by atoms with Crippen LogP contribution >= 0.6 is 0 Å². The van der Waals surface area contributed by atoms with Gasteiger partial charge in [0, 0.05) is 18.3 Å². The summed E-state index contributed by atoms with van der Waals surface area (Å²) >= 11 is 0. The molecule has 0 bridgehead atoms. The number of nitrogens with two attached hydrogens (primary N) is 2. The second kappa shape index (κ2) is 6.29. The Kier molecular flexibility index (Phi) is 5.77. The molecular formula is C10H20N2O3. The average Bonchev–Trinajstić information content (AvgIpc) is 2.09. The quantitative estimate of drug-likeness (QED) is 0.516. The van der Waals surface area contributed by atoms with E-state index < -0.39 is 5.60 Å². The minimum Gasteiger partial charge on any atom is -0.458 e. The fraction of sp³-hybridized carbons (Fsp3) is 0.700. The molecule has 4 N–H and O–H groups in total. The van der Waals surface area contributed by atoms with Crippen LogP contribution < -0.4 is 11.5 Å². The number of hydrogen-bond donors (Lipinski definition) is 2. The Labute approximate surface area is 90.4 Å². The molecule has 0 aliphatic heterocycles. The zero-order valence-corrected chi connectivity index (χ0v) is 9.58. The van der Waals surface area contributed by atoms with Crippen molar-refractivity contribution in [2.24, 2.45) is 11.5 Å². The van der Waals surface area contributed by atoms with Crippen LogP contribution in [-0.2, 0) is 14.3 Å². The van der Waals surface area contributed by atoms with Crippen molar-refractivity contribution in [3.63, 3.8) is 0 Å². The number of esters is 1. The van der Waals surface area contributed by atoms with E-state index in [4.69, 9.17) is 20.9 Å². The molecule has 0 saturated carbocycles. The summed E-state index contributed by atoms with van der Waals surface area (Å²) < 4.78 is 10.1. The van der Waals surface area contributed by atoms with Crippen LogP contribution in [0.2, 0.25) is 0 Å². The predicted molar refractivity (Wildman–Crippen MR) is 57.7 cm³/mol. The van der Waals surface area contributed by atoms with Gasteiger partial charge in [0.2, 0.25) is 0 Å². The van der Waals surface area contributed by atoms with Crippen molar-refractivity contribution in [1.82, 2.24) is 0 Å². The lowest BCUT2D eigenvalue weighted by Crippen LogP contribution is -2.26. The lowest BCUT2D eigenvalue weighted by molar-refractivity contribution is -0.160. The van der Waals surface area contributed by atoms with Gasteiger partial charge < -0.3 is 20.9 Å². The number of ether oxygens (including phenoxy) is 2. The molecular weight excluding hydrogens is 196 g/mol. The minimum atomic E-state index is -0.476. The van der Waals surface area contributed by atoms with Crippen molar-refractivity contribution >= 4 is 5.97 Å². The lowest BCUT2D eigenvalue weighted by Gasteiger charge is -2.19. The van der Waals surface area contributed by atoms with E-state index in [-0.39, 0.29) is 12.6 Å². The highest BCUT2D eigenvalue weighted by molar-refractivity contribution is 5.71. The fourth-order valence-corrected chi connectivity index (χ4v) is 0.800. The molecule has 88 valence electrons. The molecule has 0 aromatic carbocycles. The number of rotatable bonds is 5. The SMILES string of the molecule is CC(C)(C)OC(=O)COCC/C(N)=C/N. The zero-order valence-electron chi connectivity index (χ0n) is 9.58. The van der Waals surface area contributed by atoms with E-state index in [2.05, 4.69) is 0 Å². The summed E-state index contributed by atoms with van der Waals surface area (Å²) in [6.45, 7) is 5.72. The molecule has 0 unspecified atom stereocenters. The normalized spacial score (nSPS) is 12.6. The van der Waals surface area contributed by atoms with Gasteiger partial charge in [0.25, 0.3) is 0 Å². The third-order valence-electron chi connectivity index (χ3n) is 1.39. The van der Waals surface area contributed by atoms with Gasteiger partial charge in [-0.2, -0.15) is 0 Å². The van der Waals surface area contributed by atoms with Crippen molar-refractivity contribution in [1.29, 1.82) is 0 Å². The van der Waals surface area contributed by atoms with E-state index in [0.717, 1.165) is 0 Å². The molecule has 0 rings (SSSR count). The topological polar surface area (TPSA) is 87.6 Å². The second-order valence-corrected chi connectivity index (χ2v) is 4.13. The summed E-state index contributed by atoms with van der Waals surface area (Å²) in [6, 6.07) is 0. The van der Waals surface area contributed by atoms with Crippen LogP contribution in [-0.4, -0.2) is 24.8 Å². The third kappa shape index (κ3) is 9.08. The number of carbonyl (C=O) groups excluding carboxylic acids is 1. The van der Waals surface area contributed by atoms with Crippen LogP contribution in [0, 0.1) is 0 Å². The van der Waals surface area contributed by atoms with Crippen molar-refractivity contribution in [3.05, 3.63) is 11.9 Å². The van der Waals surface area contributed by atoms with Crippen molar-refractivity contribution in [2.45, 2.75) is 32.8 Å². The molecule has 15 heavy (non-hydrogen) atoms. The van der Waals surface area contributed by atoms with Crippen LogP contribution in [0.3, 0.4) is 0 Å². The monoisotopic (exact) mass is 216 g/mol. The van der Waals surface area contributed by atoms with Gasteiger partial charge in [0.15, 0.2) is 0 Å². The summed E-state index contributed by atoms with van der Waals surface area (Å²) in [6.07, 6.45) is 1.83. The summed E-state index contributed by atoms with van der Waals surface area (Å²) in [5.41, 5.74) is 10.7. The van der Waals surface area contributed by atoms with Gasteiger partial charge >= 0.3 is 5.97 Å². The van der Waals surface area contributed by atoms with Crippen LogP contribution in [0.5, 0.6) is 0 Å². The summed E-state index contributed by atoms with van der Waals surface area (Å²) in [4.78, 5) is 11.2. The zero-order chi connectivity index (χ0) is 11.9. The van der Waals surface area contributed by atoms with E-state index in [1.807, 2.05) is 0 Å². The van der Waals surface area contributed by atoms with E-state index >= 15 is 0 Å². The first kappa shape index (κ1) is 13.8. The Morgan fingerprint density at radius 2 is 2.00 bits per heavy atom. The minimum absolute atomic E-state index is 0.0604. The molecule has 0 radical (unpaired) electrons. The summed E-state index contributed by atoms with van der Waals surface area (Å²) in [5, 5.41) is 0. The van der Waals surface area contributed by atoms with Crippen molar-refractivity contribution in [3.8, 4) is 0 Å². The lowest BCUT2D eigenvalue weighted by atomic mass is 10.2. The molecule has 5 nitrogen and oxygen atoms in total. The Morgan fingerprint density at radius 1 is 1.40 bits per heavy atom. The Balaban J connectivity index is 3.57. The molecule has 0 atom stereocenters. The van der Waals surface area contributed by atoms with Crippen molar-refractivity contribution in [2.75, 3.05) is 13.2 Å². The first-order chi connectivity index (χ1) is 6.85. The molecule has 0 fully saturated rings. The molecule has 0 saturated heterocycles. The first-order valence-electron chi connectivity index (χ1n) is 4.81. The van der Waals surface area contributed by atoms with Crippen LogP contribution in [0.4, 0.5) is 0 Å². The average molecular weight is 216 g/mol. The second-order valence-electron chi connectivity index (χ2n) is 4.13. The molecule has 0 spiro atoms. The standard InChI is InChI=1S/C10H20N2O3/c1-10(2,3)15-9(13)7-14-5-4-8(12)6-11/h6H,4-5,7,11-12H2,1-3H3/b8-6-. The van der Waals surface area contributed by atoms with E-state index in [0.29, 0.717) is 18.7 Å². The Hall–Kier alpha value is -1.23. The summed E-state index contributed by atoms with van der Waals surface area (Å²) in [7, 11) is 0. The molecule has 5 heteroatoms. The van der Waals surface area contributed by atoms with E-state index in [9.17, 15) is 4.79 Å². The van der Waals surface area contributed by atoms with E-state index in [1.54, 1.807) is 20.8 Å². The predicted octanol–water partition coefficient (Wildman–Crippen LogP) is 0.494. The van der Waals surface area contributed by atoms with Crippen molar-refractivity contribution < 1.29 is 14.3 Å².